The maximum Gasteiger partial charge on any atom is 0.137 e. The molecule has 3 heteroatoms. The first-order valence-corrected chi connectivity index (χ1v) is 15.4. The van der Waals surface area contributed by atoms with Gasteiger partial charge in [-0.2, -0.15) is 0 Å². The number of rotatable bonds is 3. The number of nitrogens with zero attached hydrogens (tertiary/aromatic N) is 2. The lowest BCUT2D eigenvalue weighted by Crippen LogP contribution is -1.95. The van der Waals surface area contributed by atoms with Crippen LogP contribution in [0.15, 0.2) is 162 Å². The van der Waals surface area contributed by atoms with Gasteiger partial charge in [0, 0.05) is 49.8 Å². The average molecular weight is 575 g/mol. The van der Waals surface area contributed by atoms with Gasteiger partial charge in [-0.15, -0.1) is 0 Å². The Bertz CT molecular complexity index is 2740. The van der Waals surface area contributed by atoms with E-state index in [-0.39, 0.29) is 0 Å². The summed E-state index contributed by atoms with van der Waals surface area (Å²) in [7, 11) is 0. The van der Waals surface area contributed by atoms with Gasteiger partial charge >= 0.3 is 0 Å². The predicted molar refractivity (Wildman–Crippen MR) is 188 cm³/mol. The number of hydrogen-bond acceptors (Lipinski definition) is 1. The van der Waals surface area contributed by atoms with Gasteiger partial charge in [0.25, 0.3) is 0 Å². The van der Waals surface area contributed by atoms with Crippen LogP contribution in [0.2, 0.25) is 0 Å². The molecule has 0 aliphatic carbocycles. The molecule has 0 atom stereocenters. The summed E-state index contributed by atoms with van der Waals surface area (Å²) in [5.74, 6) is 0. The Kier molecular flexibility index (Phi) is 5.00. The summed E-state index contributed by atoms with van der Waals surface area (Å²) in [5, 5.41) is 7.20. The molecule has 0 aliphatic rings. The Morgan fingerprint density at radius 2 is 0.933 bits per heavy atom. The molecular weight excluding hydrogens is 548 g/mol. The molecule has 0 radical (unpaired) electrons. The minimum absolute atomic E-state index is 0.901. The highest BCUT2D eigenvalue weighted by molar-refractivity contribution is 6.18. The smallest absolute Gasteiger partial charge is 0.137 e. The highest BCUT2D eigenvalue weighted by Crippen LogP contribution is 2.41. The third-order valence-corrected chi connectivity index (χ3v) is 9.30. The number of aromatic nitrogens is 2. The van der Waals surface area contributed by atoms with Crippen molar-refractivity contribution in [2.45, 2.75) is 0 Å². The van der Waals surface area contributed by atoms with Crippen molar-refractivity contribution in [3.05, 3.63) is 158 Å². The molecule has 7 aromatic carbocycles. The Morgan fingerprint density at radius 3 is 1.78 bits per heavy atom. The molecule has 0 saturated carbocycles. The number of para-hydroxylation sites is 3. The SMILES string of the molecule is c1ccc(-c2ccc3c(c2)c2cc4c(cc2n3-c2ccc3c(c2)c2ccccc2n3-c2ccccc2)oc2ccccc24)cc1. The summed E-state index contributed by atoms with van der Waals surface area (Å²) >= 11 is 0. The van der Waals surface area contributed by atoms with E-state index >= 15 is 0 Å². The van der Waals surface area contributed by atoms with E-state index in [2.05, 4.69) is 161 Å². The summed E-state index contributed by atoms with van der Waals surface area (Å²) in [4.78, 5) is 0. The fourth-order valence-corrected chi connectivity index (χ4v) is 7.28. The highest BCUT2D eigenvalue weighted by atomic mass is 16.3. The molecule has 0 amide bonds. The van der Waals surface area contributed by atoms with Crippen molar-refractivity contribution in [2.24, 2.45) is 0 Å². The fraction of sp³-hybridized carbons (Fsp3) is 0. The molecule has 3 aromatic heterocycles. The van der Waals surface area contributed by atoms with Gasteiger partial charge in [0.15, 0.2) is 0 Å². The van der Waals surface area contributed by atoms with Crippen LogP contribution in [-0.2, 0) is 0 Å². The first kappa shape index (κ1) is 24.4. The van der Waals surface area contributed by atoms with Crippen molar-refractivity contribution in [3.63, 3.8) is 0 Å². The van der Waals surface area contributed by atoms with Crippen LogP contribution in [0.25, 0.3) is 88.1 Å². The molecule has 0 aliphatic heterocycles. The molecule has 3 nitrogen and oxygen atoms in total. The van der Waals surface area contributed by atoms with Gasteiger partial charge in [-0.3, -0.25) is 0 Å². The van der Waals surface area contributed by atoms with E-state index in [1.165, 1.54) is 49.2 Å². The summed E-state index contributed by atoms with van der Waals surface area (Å²) in [6.45, 7) is 0. The van der Waals surface area contributed by atoms with E-state index in [0.29, 0.717) is 0 Å². The summed E-state index contributed by atoms with van der Waals surface area (Å²) < 4.78 is 11.2. The maximum absolute atomic E-state index is 6.40. The van der Waals surface area contributed by atoms with Crippen LogP contribution >= 0.6 is 0 Å². The molecule has 0 unspecified atom stereocenters. The fourth-order valence-electron chi connectivity index (χ4n) is 7.28. The Balaban J connectivity index is 1.30. The molecule has 10 rings (SSSR count). The summed E-state index contributed by atoms with van der Waals surface area (Å²) in [6.07, 6.45) is 0. The third-order valence-electron chi connectivity index (χ3n) is 9.30. The van der Waals surface area contributed by atoms with Crippen LogP contribution in [0.4, 0.5) is 0 Å². The van der Waals surface area contributed by atoms with Gasteiger partial charge in [0.1, 0.15) is 11.2 Å². The summed E-state index contributed by atoms with van der Waals surface area (Å²) in [6, 6.07) is 56.6. The van der Waals surface area contributed by atoms with Crippen LogP contribution in [0.5, 0.6) is 0 Å². The van der Waals surface area contributed by atoms with Crippen molar-refractivity contribution in [2.75, 3.05) is 0 Å². The summed E-state index contributed by atoms with van der Waals surface area (Å²) in [5.41, 5.74) is 11.2. The molecule has 3 heterocycles. The zero-order valence-electron chi connectivity index (χ0n) is 24.3. The third kappa shape index (κ3) is 3.52. The normalized spacial score (nSPS) is 12.0. The Labute approximate surface area is 258 Å². The predicted octanol–water partition coefficient (Wildman–Crippen LogP) is 11.4. The topological polar surface area (TPSA) is 23.0 Å². The van der Waals surface area contributed by atoms with E-state index in [0.717, 1.165) is 38.8 Å². The molecule has 0 bridgehead atoms. The Morgan fingerprint density at radius 1 is 0.311 bits per heavy atom. The van der Waals surface area contributed by atoms with E-state index < -0.39 is 0 Å². The monoisotopic (exact) mass is 574 g/mol. The van der Waals surface area contributed by atoms with E-state index in [1.54, 1.807) is 0 Å². The zero-order valence-corrected chi connectivity index (χ0v) is 24.3. The van der Waals surface area contributed by atoms with Crippen LogP contribution in [-0.4, -0.2) is 9.13 Å². The van der Waals surface area contributed by atoms with Gasteiger partial charge in [0.2, 0.25) is 0 Å². The molecule has 210 valence electrons. The second-order valence-corrected chi connectivity index (χ2v) is 11.8. The Hall–Kier alpha value is -6.06. The number of fused-ring (bicyclic) bond motifs is 9. The van der Waals surface area contributed by atoms with E-state index in [1.807, 2.05) is 6.07 Å². The number of hydrogen-bond donors (Lipinski definition) is 0. The van der Waals surface area contributed by atoms with E-state index in [9.17, 15) is 0 Å². The lowest BCUT2D eigenvalue weighted by atomic mass is 10.0. The minimum Gasteiger partial charge on any atom is -0.456 e. The molecule has 0 fully saturated rings. The van der Waals surface area contributed by atoms with Gasteiger partial charge in [-0.25, -0.2) is 0 Å². The van der Waals surface area contributed by atoms with Crippen LogP contribution in [0.1, 0.15) is 0 Å². The molecule has 0 saturated heterocycles. The zero-order chi connectivity index (χ0) is 29.5. The molecule has 45 heavy (non-hydrogen) atoms. The quantitative estimate of drug-likeness (QED) is 0.206. The van der Waals surface area contributed by atoms with Gasteiger partial charge in [-0.1, -0.05) is 91.0 Å². The second-order valence-electron chi connectivity index (χ2n) is 11.8. The van der Waals surface area contributed by atoms with Crippen molar-refractivity contribution in [1.29, 1.82) is 0 Å². The van der Waals surface area contributed by atoms with Crippen molar-refractivity contribution in [3.8, 4) is 22.5 Å². The average Bonchev–Trinajstić information content (AvgIpc) is 3.74. The number of furan rings is 1. The highest BCUT2D eigenvalue weighted by Gasteiger charge is 2.19. The van der Waals surface area contributed by atoms with Gasteiger partial charge < -0.3 is 13.6 Å². The lowest BCUT2D eigenvalue weighted by molar-refractivity contribution is 0.669. The van der Waals surface area contributed by atoms with Crippen molar-refractivity contribution < 1.29 is 4.42 Å². The van der Waals surface area contributed by atoms with Crippen molar-refractivity contribution >= 4 is 65.6 Å². The van der Waals surface area contributed by atoms with Gasteiger partial charge in [0.05, 0.1) is 22.1 Å². The van der Waals surface area contributed by atoms with E-state index in [4.69, 9.17) is 4.42 Å². The maximum atomic E-state index is 6.40. The van der Waals surface area contributed by atoms with Crippen molar-refractivity contribution in [1.82, 2.24) is 9.13 Å². The van der Waals surface area contributed by atoms with Crippen LogP contribution in [0, 0.1) is 0 Å². The largest absolute Gasteiger partial charge is 0.456 e. The first-order chi connectivity index (χ1) is 22.3. The minimum atomic E-state index is 0.901. The molecule has 10 aromatic rings. The molecular formula is C42H26N2O. The molecule has 0 spiro atoms. The number of benzene rings is 7. The second kappa shape index (κ2) is 9.22. The van der Waals surface area contributed by atoms with Crippen LogP contribution < -0.4 is 0 Å². The van der Waals surface area contributed by atoms with Gasteiger partial charge in [-0.05, 0) is 71.8 Å². The lowest BCUT2D eigenvalue weighted by Gasteiger charge is -2.10. The van der Waals surface area contributed by atoms with Crippen LogP contribution in [0.3, 0.4) is 0 Å². The first-order valence-electron chi connectivity index (χ1n) is 15.4. The molecule has 0 N–H and O–H groups in total. The standard InChI is InChI=1S/C42H26N2O/c1-3-11-27(12-4-1)28-19-21-38-33(23-28)35-25-36-32-16-8-10-18-41(32)45-42(36)26-40(35)44(38)30-20-22-39-34(24-30)31-15-7-9-17-37(31)43(39)29-13-5-2-6-14-29/h1-26H.